The van der Waals surface area contributed by atoms with Gasteiger partial charge in [-0.1, -0.05) is 20.8 Å². The molecule has 0 heterocycles. The molecule has 0 aliphatic heterocycles. The standard InChI is InChI=1S/C12H27NO2/c1-10(2)5-7-15-8-6-13-12(4)11(3)9-14/h10-14H,5-9H2,1-4H3. The maximum atomic E-state index is 8.94. The SMILES string of the molecule is CC(C)CCOCCNC(C)C(C)CO. The van der Waals surface area contributed by atoms with Crippen molar-refractivity contribution in [2.45, 2.75) is 40.2 Å². The Labute approximate surface area is 94.2 Å². The molecule has 0 bridgehead atoms. The number of nitrogens with one attached hydrogen (secondary N) is 1. The number of aliphatic hydroxyl groups excluding tert-OH is 1. The van der Waals surface area contributed by atoms with Gasteiger partial charge in [-0.25, -0.2) is 0 Å². The summed E-state index contributed by atoms with van der Waals surface area (Å²) in [5, 5.41) is 12.3. The van der Waals surface area contributed by atoms with E-state index < -0.39 is 0 Å². The van der Waals surface area contributed by atoms with Gasteiger partial charge in [0.25, 0.3) is 0 Å². The first-order valence-corrected chi connectivity index (χ1v) is 6.00. The van der Waals surface area contributed by atoms with Gasteiger partial charge >= 0.3 is 0 Å². The average molecular weight is 217 g/mol. The van der Waals surface area contributed by atoms with Crippen LogP contribution in [0.25, 0.3) is 0 Å². The fourth-order valence-corrected chi connectivity index (χ4v) is 1.14. The highest BCUT2D eigenvalue weighted by molar-refractivity contribution is 4.66. The van der Waals surface area contributed by atoms with Crippen LogP contribution in [0.1, 0.15) is 34.1 Å². The van der Waals surface area contributed by atoms with Gasteiger partial charge in [0.2, 0.25) is 0 Å². The summed E-state index contributed by atoms with van der Waals surface area (Å²) in [7, 11) is 0. The molecule has 0 rings (SSSR count). The molecule has 0 aromatic rings. The number of hydrogen-bond acceptors (Lipinski definition) is 3. The van der Waals surface area contributed by atoms with Gasteiger partial charge in [0, 0.05) is 25.8 Å². The minimum atomic E-state index is 0.238. The Bertz CT molecular complexity index is 140. The van der Waals surface area contributed by atoms with E-state index in [1.807, 2.05) is 6.92 Å². The zero-order valence-corrected chi connectivity index (χ0v) is 10.6. The largest absolute Gasteiger partial charge is 0.396 e. The van der Waals surface area contributed by atoms with Crippen LogP contribution in [0.5, 0.6) is 0 Å². The zero-order valence-electron chi connectivity index (χ0n) is 10.6. The Morgan fingerprint density at radius 2 is 1.80 bits per heavy atom. The third-order valence-electron chi connectivity index (χ3n) is 2.69. The second kappa shape index (κ2) is 9.13. The Kier molecular flexibility index (Phi) is 9.06. The molecule has 0 aliphatic carbocycles. The fourth-order valence-electron chi connectivity index (χ4n) is 1.14. The van der Waals surface area contributed by atoms with E-state index in [1.165, 1.54) is 0 Å². The number of aliphatic hydroxyl groups is 1. The van der Waals surface area contributed by atoms with E-state index in [0.29, 0.717) is 17.9 Å². The minimum Gasteiger partial charge on any atom is -0.396 e. The lowest BCUT2D eigenvalue weighted by molar-refractivity contribution is 0.119. The van der Waals surface area contributed by atoms with E-state index in [-0.39, 0.29) is 6.61 Å². The lowest BCUT2D eigenvalue weighted by atomic mass is 10.1. The Morgan fingerprint density at radius 3 is 2.33 bits per heavy atom. The predicted octanol–water partition coefficient (Wildman–Crippen LogP) is 1.66. The van der Waals surface area contributed by atoms with Crippen molar-refractivity contribution in [3.8, 4) is 0 Å². The molecule has 2 N–H and O–H groups in total. The van der Waals surface area contributed by atoms with Crippen LogP contribution >= 0.6 is 0 Å². The molecule has 0 aromatic carbocycles. The number of hydrogen-bond donors (Lipinski definition) is 2. The van der Waals surface area contributed by atoms with Crippen molar-refractivity contribution in [3.63, 3.8) is 0 Å². The van der Waals surface area contributed by atoms with Crippen molar-refractivity contribution < 1.29 is 9.84 Å². The summed E-state index contributed by atoms with van der Waals surface area (Å²) in [6.45, 7) is 11.2. The van der Waals surface area contributed by atoms with E-state index in [2.05, 4.69) is 26.1 Å². The van der Waals surface area contributed by atoms with Crippen LogP contribution < -0.4 is 5.32 Å². The van der Waals surface area contributed by atoms with E-state index in [9.17, 15) is 0 Å². The van der Waals surface area contributed by atoms with Crippen LogP contribution in [0.2, 0.25) is 0 Å². The van der Waals surface area contributed by atoms with Gasteiger partial charge in [-0.15, -0.1) is 0 Å². The first kappa shape index (κ1) is 14.9. The summed E-state index contributed by atoms with van der Waals surface area (Å²) in [6, 6.07) is 0.351. The molecule has 2 unspecified atom stereocenters. The molecule has 0 amide bonds. The van der Waals surface area contributed by atoms with Gasteiger partial charge in [0.05, 0.1) is 6.61 Å². The highest BCUT2D eigenvalue weighted by Crippen LogP contribution is 2.00. The molecule has 0 aliphatic rings. The van der Waals surface area contributed by atoms with Crippen molar-refractivity contribution in [2.24, 2.45) is 11.8 Å². The third kappa shape index (κ3) is 8.85. The van der Waals surface area contributed by atoms with E-state index in [4.69, 9.17) is 9.84 Å². The maximum Gasteiger partial charge on any atom is 0.0591 e. The summed E-state index contributed by atoms with van der Waals surface area (Å²) >= 11 is 0. The molecule has 3 nitrogen and oxygen atoms in total. The monoisotopic (exact) mass is 217 g/mol. The smallest absolute Gasteiger partial charge is 0.0591 e. The first-order chi connectivity index (χ1) is 7.07. The second-order valence-electron chi connectivity index (χ2n) is 4.70. The third-order valence-corrected chi connectivity index (χ3v) is 2.69. The van der Waals surface area contributed by atoms with Crippen LogP contribution in [0.15, 0.2) is 0 Å². The first-order valence-electron chi connectivity index (χ1n) is 6.00. The molecule has 0 spiro atoms. The summed E-state index contributed by atoms with van der Waals surface area (Å²) in [6.07, 6.45) is 1.13. The zero-order chi connectivity index (χ0) is 11.7. The molecule has 3 heteroatoms. The van der Waals surface area contributed by atoms with Gasteiger partial charge in [-0.05, 0) is 25.2 Å². The van der Waals surface area contributed by atoms with Gasteiger partial charge in [-0.3, -0.25) is 0 Å². The van der Waals surface area contributed by atoms with Crippen molar-refractivity contribution >= 4 is 0 Å². The Balaban J connectivity index is 3.23. The van der Waals surface area contributed by atoms with Gasteiger partial charge in [0.15, 0.2) is 0 Å². The van der Waals surface area contributed by atoms with E-state index >= 15 is 0 Å². The van der Waals surface area contributed by atoms with Crippen molar-refractivity contribution in [2.75, 3.05) is 26.4 Å². The molecule has 0 radical (unpaired) electrons. The van der Waals surface area contributed by atoms with Crippen molar-refractivity contribution in [1.82, 2.24) is 5.32 Å². The van der Waals surface area contributed by atoms with Crippen LogP contribution in [0.3, 0.4) is 0 Å². The van der Waals surface area contributed by atoms with Crippen LogP contribution in [0.4, 0.5) is 0 Å². The average Bonchev–Trinajstić information content (AvgIpc) is 2.21. The van der Waals surface area contributed by atoms with Crippen LogP contribution in [-0.4, -0.2) is 37.5 Å². The Hall–Kier alpha value is -0.120. The highest BCUT2D eigenvalue weighted by Gasteiger charge is 2.09. The van der Waals surface area contributed by atoms with E-state index in [1.54, 1.807) is 0 Å². The Morgan fingerprint density at radius 1 is 1.13 bits per heavy atom. The van der Waals surface area contributed by atoms with Gasteiger partial charge in [-0.2, -0.15) is 0 Å². The second-order valence-corrected chi connectivity index (χ2v) is 4.70. The quantitative estimate of drug-likeness (QED) is 0.577. The normalized spacial score (nSPS) is 15.6. The molecule has 2 atom stereocenters. The van der Waals surface area contributed by atoms with E-state index in [0.717, 1.165) is 26.2 Å². The molecule has 15 heavy (non-hydrogen) atoms. The number of ether oxygens (including phenoxy) is 1. The summed E-state index contributed by atoms with van der Waals surface area (Å²) < 4.78 is 5.48. The van der Waals surface area contributed by atoms with Crippen LogP contribution in [0, 0.1) is 11.8 Å². The van der Waals surface area contributed by atoms with Gasteiger partial charge in [0.1, 0.15) is 0 Å². The number of rotatable bonds is 9. The molecule has 0 saturated carbocycles. The summed E-state index contributed by atoms with van der Waals surface area (Å²) in [5.74, 6) is 1.02. The van der Waals surface area contributed by atoms with Crippen molar-refractivity contribution in [3.05, 3.63) is 0 Å². The molecular formula is C12H27NO2. The topological polar surface area (TPSA) is 41.5 Å². The highest BCUT2D eigenvalue weighted by atomic mass is 16.5. The van der Waals surface area contributed by atoms with Crippen LogP contribution in [-0.2, 0) is 4.74 Å². The fraction of sp³-hybridized carbons (Fsp3) is 1.00. The lowest BCUT2D eigenvalue weighted by Crippen LogP contribution is -2.36. The molecule has 0 fully saturated rings. The van der Waals surface area contributed by atoms with Gasteiger partial charge < -0.3 is 15.2 Å². The molecule has 0 saturated heterocycles. The summed E-state index contributed by atoms with van der Waals surface area (Å²) in [4.78, 5) is 0. The van der Waals surface area contributed by atoms with Crippen molar-refractivity contribution in [1.29, 1.82) is 0 Å². The minimum absolute atomic E-state index is 0.238. The molecule has 92 valence electrons. The molecular weight excluding hydrogens is 190 g/mol. The lowest BCUT2D eigenvalue weighted by Gasteiger charge is -2.19. The predicted molar refractivity (Wildman–Crippen MR) is 64.0 cm³/mol. The maximum absolute atomic E-state index is 8.94. The molecule has 0 aromatic heterocycles. The summed E-state index contributed by atoms with van der Waals surface area (Å²) in [5.41, 5.74) is 0.